The molecule has 2 aromatic rings. The first-order chi connectivity index (χ1) is 15.8. The number of thiocarbonyl (C=S) groups is 1. The van der Waals surface area contributed by atoms with Crippen LogP contribution in [0.2, 0.25) is 0 Å². The first kappa shape index (κ1) is 23.6. The lowest BCUT2D eigenvalue weighted by atomic mass is 9.96. The average molecular weight is 488 g/mol. The Morgan fingerprint density at radius 3 is 2.58 bits per heavy atom. The fraction of sp³-hybridized carbons (Fsp3) is 0.435. The molecule has 1 heterocycles. The molecule has 2 aromatic carbocycles. The summed E-state index contributed by atoms with van der Waals surface area (Å²) in [5.74, 6) is 0. The number of anilines is 1. The second-order valence-electron chi connectivity index (χ2n) is 8.94. The van der Waals surface area contributed by atoms with Crippen LogP contribution < -0.4 is 16.1 Å². The molecule has 0 radical (unpaired) electrons. The maximum Gasteiger partial charge on any atom is 0.343 e. The van der Waals surface area contributed by atoms with Crippen molar-refractivity contribution in [2.75, 3.05) is 5.32 Å². The number of thioether (sulfide) groups is 1. The zero-order valence-electron chi connectivity index (χ0n) is 18.7. The Morgan fingerprint density at radius 1 is 1.12 bits per heavy atom. The Balaban J connectivity index is 1.48. The van der Waals surface area contributed by atoms with E-state index >= 15 is 0 Å². The average Bonchev–Trinajstić information content (AvgIpc) is 3.01. The van der Waals surface area contributed by atoms with Gasteiger partial charge in [0, 0.05) is 11.4 Å². The molecule has 33 heavy (non-hydrogen) atoms. The predicted octanol–water partition coefficient (Wildman–Crippen LogP) is 5.05. The number of urea groups is 2. The van der Waals surface area contributed by atoms with Gasteiger partial charge in [-0.1, -0.05) is 79.6 Å². The minimum Gasteiger partial charge on any atom is -0.333 e. The van der Waals surface area contributed by atoms with Crippen molar-refractivity contribution in [1.82, 2.24) is 20.8 Å². The van der Waals surface area contributed by atoms with Crippen molar-refractivity contribution < 1.29 is 14.8 Å². The maximum absolute atomic E-state index is 12.9. The number of nitrogens with zero attached hydrogens (tertiary/aromatic N) is 2. The third kappa shape index (κ3) is 5.18. The number of hydroxylamine groups is 2. The summed E-state index contributed by atoms with van der Waals surface area (Å²) in [4.78, 5) is 25.7. The fourth-order valence-electron chi connectivity index (χ4n) is 4.44. The largest absolute Gasteiger partial charge is 0.343 e. The van der Waals surface area contributed by atoms with Crippen molar-refractivity contribution in [3.8, 4) is 0 Å². The molecule has 1 saturated carbocycles. The Kier molecular flexibility index (Phi) is 6.96. The second kappa shape index (κ2) is 9.74. The highest BCUT2D eigenvalue weighted by molar-refractivity contribution is 8.24. The van der Waals surface area contributed by atoms with E-state index in [1.54, 1.807) is 0 Å². The molecule has 1 saturated heterocycles. The highest BCUT2D eigenvalue weighted by atomic mass is 32.2. The molecule has 1 aliphatic heterocycles. The quantitative estimate of drug-likeness (QED) is 0.274. The molecule has 0 aromatic heterocycles. The Hall–Kier alpha value is -2.56. The summed E-state index contributed by atoms with van der Waals surface area (Å²) < 4.78 is -0.287. The van der Waals surface area contributed by atoms with Crippen LogP contribution in [-0.2, 0) is 0 Å². The summed E-state index contributed by atoms with van der Waals surface area (Å²) in [5, 5.41) is 20.5. The van der Waals surface area contributed by atoms with Crippen LogP contribution in [0.5, 0.6) is 0 Å². The summed E-state index contributed by atoms with van der Waals surface area (Å²) in [5.41, 5.74) is 3.37. The Labute approximate surface area is 203 Å². The van der Waals surface area contributed by atoms with E-state index in [9.17, 15) is 14.8 Å². The minimum absolute atomic E-state index is 0.0427. The third-order valence-electron chi connectivity index (χ3n) is 6.05. The van der Waals surface area contributed by atoms with Crippen LogP contribution in [0.15, 0.2) is 42.5 Å². The van der Waals surface area contributed by atoms with Gasteiger partial charge in [-0.2, -0.15) is 5.06 Å². The molecule has 0 spiro atoms. The van der Waals surface area contributed by atoms with E-state index in [-0.39, 0.29) is 6.04 Å². The molecular formula is C23H29N5O3S2. The van der Waals surface area contributed by atoms with Crippen molar-refractivity contribution >= 4 is 56.8 Å². The van der Waals surface area contributed by atoms with Gasteiger partial charge in [0.1, 0.15) is 0 Å². The molecule has 2 aliphatic rings. The van der Waals surface area contributed by atoms with Crippen LogP contribution in [0.25, 0.3) is 10.8 Å². The van der Waals surface area contributed by atoms with Crippen LogP contribution in [0.4, 0.5) is 15.3 Å². The molecule has 1 atom stereocenters. The summed E-state index contributed by atoms with van der Waals surface area (Å²) in [6.07, 6.45) is 4.21. The van der Waals surface area contributed by atoms with Crippen LogP contribution in [0, 0.1) is 0 Å². The highest BCUT2D eigenvalue weighted by Crippen LogP contribution is 2.41. The van der Waals surface area contributed by atoms with E-state index in [1.165, 1.54) is 23.2 Å². The summed E-state index contributed by atoms with van der Waals surface area (Å²) in [6, 6.07) is 12.3. The van der Waals surface area contributed by atoms with Gasteiger partial charge < -0.3 is 10.6 Å². The normalized spacial score (nSPS) is 20.5. The van der Waals surface area contributed by atoms with Crippen LogP contribution in [-0.4, -0.2) is 48.6 Å². The number of hydrogen-bond donors (Lipinski definition) is 4. The molecule has 10 heteroatoms. The monoisotopic (exact) mass is 487 g/mol. The van der Waals surface area contributed by atoms with Gasteiger partial charge >= 0.3 is 12.1 Å². The zero-order chi connectivity index (χ0) is 23.6. The molecule has 0 bridgehead atoms. The molecule has 1 aliphatic carbocycles. The van der Waals surface area contributed by atoms with Gasteiger partial charge in [-0.25, -0.2) is 20.0 Å². The van der Waals surface area contributed by atoms with E-state index < -0.39 is 23.0 Å². The first-order valence-corrected chi connectivity index (χ1v) is 12.3. The summed E-state index contributed by atoms with van der Waals surface area (Å²) in [6.45, 7) is 3.74. The molecule has 8 nitrogen and oxygen atoms in total. The lowest BCUT2D eigenvalue weighted by molar-refractivity contribution is -0.125. The van der Waals surface area contributed by atoms with E-state index in [4.69, 9.17) is 12.2 Å². The van der Waals surface area contributed by atoms with E-state index in [1.807, 2.05) is 56.3 Å². The number of amides is 4. The zero-order valence-corrected chi connectivity index (χ0v) is 20.3. The Morgan fingerprint density at radius 2 is 1.82 bits per heavy atom. The number of benzene rings is 2. The van der Waals surface area contributed by atoms with E-state index in [0.717, 1.165) is 36.5 Å². The van der Waals surface area contributed by atoms with Crippen molar-refractivity contribution in [1.29, 1.82) is 0 Å². The molecule has 4 amide bonds. The number of fused-ring (bicyclic) bond motifs is 1. The number of hydrogen-bond acceptors (Lipinski definition) is 5. The second-order valence-corrected chi connectivity index (χ2v) is 11.2. The number of nitrogens with one attached hydrogen (secondary N) is 3. The number of hydrazine groups is 1. The molecule has 2 fully saturated rings. The van der Waals surface area contributed by atoms with Gasteiger partial charge in [0.05, 0.1) is 10.4 Å². The lowest BCUT2D eigenvalue weighted by Gasteiger charge is -2.37. The van der Waals surface area contributed by atoms with E-state index in [2.05, 4.69) is 16.1 Å². The summed E-state index contributed by atoms with van der Waals surface area (Å²) in [7, 11) is 0. The fourth-order valence-corrected chi connectivity index (χ4v) is 6.24. The van der Waals surface area contributed by atoms with Crippen LogP contribution in [0.3, 0.4) is 0 Å². The smallest absolute Gasteiger partial charge is 0.333 e. The van der Waals surface area contributed by atoms with Gasteiger partial charge in [-0.05, 0) is 38.1 Å². The number of rotatable bonds is 4. The standard InChI is InChI=1S/C23H29N5O3S2/c1-23(2)19(28(31)21(30)24-16-11-4-3-5-12-16)27(22(32)33-23)26-20(29)25-18-14-8-10-15-9-6-7-13-17(15)18/h6-10,13-14,16,19,31H,3-5,11-12H2,1-2H3,(H,24,30)(H2,25,26,29)/t19-/m0/s1. The van der Waals surface area contributed by atoms with Gasteiger partial charge in [-0.3, -0.25) is 5.21 Å². The first-order valence-electron chi connectivity index (χ1n) is 11.1. The van der Waals surface area contributed by atoms with Crippen molar-refractivity contribution in [3.63, 3.8) is 0 Å². The van der Waals surface area contributed by atoms with Gasteiger partial charge in [-0.15, -0.1) is 0 Å². The summed E-state index contributed by atoms with van der Waals surface area (Å²) >= 11 is 6.79. The van der Waals surface area contributed by atoms with Crippen molar-refractivity contribution in [3.05, 3.63) is 42.5 Å². The molecular weight excluding hydrogens is 458 g/mol. The maximum atomic E-state index is 12.9. The predicted molar refractivity (Wildman–Crippen MR) is 135 cm³/mol. The molecule has 0 unspecified atom stereocenters. The van der Waals surface area contributed by atoms with Crippen LogP contribution >= 0.6 is 24.0 Å². The minimum atomic E-state index is -0.878. The topological polar surface area (TPSA) is 96.9 Å². The number of carbonyl (C=O) groups is 2. The highest BCUT2D eigenvalue weighted by Gasteiger charge is 2.50. The van der Waals surface area contributed by atoms with Gasteiger partial charge in [0.25, 0.3) is 0 Å². The van der Waals surface area contributed by atoms with Crippen LogP contribution in [0.1, 0.15) is 46.0 Å². The van der Waals surface area contributed by atoms with Crippen molar-refractivity contribution in [2.24, 2.45) is 0 Å². The lowest BCUT2D eigenvalue weighted by Crippen LogP contribution is -2.62. The SMILES string of the molecule is CC1(C)SC(=S)N(NC(=O)Nc2cccc3ccccc23)[C@H]1N(O)C(=O)NC1CCCCC1. The third-order valence-corrected chi connectivity index (χ3v) is 7.60. The van der Waals surface area contributed by atoms with Gasteiger partial charge in [0.15, 0.2) is 10.5 Å². The van der Waals surface area contributed by atoms with Gasteiger partial charge in [0.2, 0.25) is 0 Å². The molecule has 4 N–H and O–H groups in total. The molecule has 176 valence electrons. The Bertz CT molecular complexity index is 1050. The van der Waals surface area contributed by atoms with E-state index in [0.29, 0.717) is 15.1 Å². The number of carbonyl (C=O) groups excluding carboxylic acids is 2. The molecule has 4 rings (SSSR count). The van der Waals surface area contributed by atoms with Crippen molar-refractivity contribution in [2.45, 2.75) is 62.9 Å².